The Morgan fingerprint density at radius 1 is 1.24 bits per heavy atom. The minimum atomic E-state index is -1.89. The number of halogens is 5. The Kier molecular flexibility index (Phi) is 4.79. The van der Waals surface area contributed by atoms with Gasteiger partial charge in [-0.3, -0.25) is 14.3 Å². The Hall–Kier alpha value is 0.960. The molecule has 0 radical (unpaired) electrons. The number of aliphatic hydroxyl groups excluding tert-OH is 1. The number of nitrogens with zero attached hydrogens (tertiary/aromatic N) is 1. The SMILES string of the molecule is O=c1ccn([C@]2(Br)O[C@](Br)(CO)[C@](O)(Br)C2(Br)Br)c(=O)[nH]1. The van der Waals surface area contributed by atoms with E-state index in [1.54, 1.807) is 0 Å². The van der Waals surface area contributed by atoms with E-state index < -0.39 is 34.7 Å². The van der Waals surface area contributed by atoms with Crippen molar-refractivity contribution in [2.24, 2.45) is 0 Å². The van der Waals surface area contributed by atoms with Crippen LogP contribution < -0.4 is 11.2 Å². The normalized spacial score (nSPS) is 38.6. The van der Waals surface area contributed by atoms with E-state index in [4.69, 9.17) is 4.74 Å². The highest BCUT2D eigenvalue weighted by Gasteiger charge is 2.77. The first-order valence-corrected chi connectivity index (χ1v) is 9.20. The van der Waals surface area contributed by atoms with E-state index in [1.165, 1.54) is 6.20 Å². The van der Waals surface area contributed by atoms with Crippen LogP contribution in [0.3, 0.4) is 0 Å². The summed E-state index contributed by atoms with van der Waals surface area (Å²) in [5.74, 6) is 0. The molecular formula is C9H7Br5N2O5. The van der Waals surface area contributed by atoms with Crippen LogP contribution >= 0.6 is 79.6 Å². The van der Waals surface area contributed by atoms with Crippen molar-refractivity contribution in [2.75, 3.05) is 6.61 Å². The smallest absolute Gasteiger partial charge is 0.331 e. The van der Waals surface area contributed by atoms with Gasteiger partial charge in [-0.25, -0.2) is 4.79 Å². The van der Waals surface area contributed by atoms with Crippen molar-refractivity contribution in [1.29, 1.82) is 0 Å². The van der Waals surface area contributed by atoms with Gasteiger partial charge in [-0.05, 0) is 47.8 Å². The maximum atomic E-state index is 12.0. The van der Waals surface area contributed by atoms with Gasteiger partial charge < -0.3 is 14.9 Å². The van der Waals surface area contributed by atoms with Crippen molar-refractivity contribution in [3.8, 4) is 0 Å². The standard InChI is InChI=1S/C9H7Br5N2O5/c10-6(3-17)8(13,20)7(11,12)9(14,21-6)16-2-1-4(18)15-5(16)19/h1-2,17,20H,3H2,(H,15,18,19)/t6-,8-,9+/m1/s1. The molecule has 0 aliphatic carbocycles. The first-order valence-electron chi connectivity index (χ1n) is 5.23. The van der Waals surface area contributed by atoms with Crippen molar-refractivity contribution >= 4 is 79.6 Å². The van der Waals surface area contributed by atoms with Gasteiger partial charge in [-0.15, -0.1) is 0 Å². The van der Waals surface area contributed by atoms with Gasteiger partial charge in [-0.2, -0.15) is 0 Å². The molecule has 118 valence electrons. The Morgan fingerprint density at radius 2 is 1.81 bits per heavy atom. The van der Waals surface area contributed by atoms with Crippen LogP contribution in [0.1, 0.15) is 0 Å². The van der Waals surface area contributed by atoms with Gasteiger partial charge in [0.25, 0.3) is 5.56 Å². The van der Waals surface area contributed by atoms with Gasteiger partial charge >= 0.3 is 5.69 Å². The maximum absolute atomic E-state index is 12.0. The van der Waals surface area contributed by atoms with Crippen molar-refractivity contribution in [1.82, 2.24) is 9.55 Å². The summed E-state index contributed by atoms with van der Waals surface area (Å²) in [6.07, 6.45) is 1.19. The zero-order valence-electron chi connectivity index (χ0n) is 9.82. The van der Waals surface area contributed by atoms with E-state index in [-0.39, 0.29) is 0 Å². The molecule has 3 N–H and O–H groups in total. The van der Waals surface area contributed by atoms with Gasteiger partial charge in [0.1, 0.15) is 0 Å². The van der Waals surface area contributed by atoms with E-state index in [0.717, 1.165) is 10.6 Å². The number of aliphatic hydroxyl groups is 2. The Labute approximate surface area is 159 Å². The maximum Gasteiger partial charge on any atom is 0.331 e. The highest BCUT2D eigenvalue weighted by Crippen LogP contribution is 2.68. The van der Waals surface area contributed by atoms with Gasteiger partial charge in [0.2, 0.25) is 4.63 Å². The number of hydrogen-bond donors (Lipinski definition) is 3. The predicted molar refractivity (Wildman–Crippen MR) is 92.5 cm³/mol. The van der Waals surface area contributed by atoms with Crippen molar-refractivity contribution in [3.63, 3.8) is 0 Å². The second kappa shape index (κ2) is 5.50. The number of ether oxygens (including phenoxy) is 1. The molecule has 1 aromatic rings. The van der Waals surface area contributed by atoms with E-state index in [0.29, 0.717) is 0 Å². The molecule has 0 aromatic carbocycles. The van der Waals surface area contributed by atoms with Gasteiger partial charge in [-0.1, -0.05) is 31.9 Å². The molecule has 0 saturated carbocycles. The highest BCUT2D eigenvalue weighted by atomic mass is 79.9. The number of nitrogens with one attached hydrogen (secondary N) is 1. The molecular weight excluding hydrogens is 616 g/mol. The van der Waals surface area contributed by atoms with E-state index >= 15 is 0 Å². The zero-order chi connectivity index (χ0) is 16.3. The van der Waals surface area contributed by atoms with Crippen LogP contribution in [0.4, 0.5) is 0 Å². The minimum absolute atomic E-state index is 0.582. The number of aromatic nitrogens is 2. The predicted octanol–water partition coefficient (Wildman–Crippen LogP) is 1.23. The largest absolute Gasteiger partial charge is 0.392 e. The molecule has 0 spiro atoms. The van der Waals surface area contributed by atoms with Crippen LogP contribution in [0, 0.1) is 0 Å². The zero-order valence-corrected chi connectivity index (χ0v) is 17.7. The summed E-state index contributed by atoms with van der Waals surface area (Å²) in [4.78, 5) is 25.3. The van der Waals surface area contributed by atoms with Gasteiger partial charge in [0, 0.05) is 12.3 Å². The number of aromatic amines is 1. The monoisotopic (exact) mass is 618 g/mol. The molecule has 7 nitrogen and oxygen atoms in total. The van der Waals surface area contributed by atoms with Crippen LogP contribution in [0.5, 0.6) is 0 Å². The number of alkyl halides is 5. The van der Waals surface area contributed by atoms with Crippen LogP contribution in [-0.2, 0) is 9.37 Å². The van der Waals surface area contributed by atoms with E-state index in [9.17, 15) is 19.8 Å². The summed E-state index contributed by atoms with van der Waals surface area (Å²) in [7, 11) is 0. The molecule has 1 saturated heterocycles. The Morgan fingerprint density at radius 3 is 2.24 bits per heavy atom. The molecule has 0 bridgehead atoms. The first kappa shape index (κ1) is 18.3. The number of H-pyrrole nitrogens is 1. The summed E-state index contributed by atoms with van der Waals surface area (Å²) in [5.41, 5.74) is -1.36. The Balaban J connectivity index is 2.73. The second-order valence-electron chi connectivity index (χ2n) is 4.23. The third kappa shape index (κ3) is 2.41. The molecule has 1 aromatic heterocycles. The number of hydrogen-bond acceptors (Lipinski definition) is 5. The molecule has 2 heterocycles. The average molecular weight is 623 g/mol. The molecule has 1 aliphatic rings. The lowest BCUT2D eigenvalue weighted by Crippen LogP contribution is -2.55. The minimum Gasteiger partial charge on any atom is -0.392 e. The fraction of sp³-hybridized carbons (Fsp3) is 0.556. The van der Waals surface area contributed by atoms with Crippen LogP contribution in [0.15, 0.2) is 21.9 Å². The average Bonchev–Trinajstić information content (AvgIpc) is 2.46. The second-order valence-corrected chi connectivity index (χ2v) is 11.2. The molecule has 1 fully saturated rings. The lowest BCUT2D eigenvalue weighted by molar-refractivity contribution is -0.0836. The number of rotatable bonds is 2. The van der Waals surface area contributed by atoms with Crippen LogP contribution in [0.25, 0.3) is 0 Å². The van der Waals surface area contributed by atoms with Crippen LogP contribution in [0.2, 0.25) is 0 Å². The van der Waals surface area contributed by atoms with E-state index in [2.05, 4.69) is 84.6 Å². The summed E-state index contributed by atoms with van der Waals surface area (Å²) >= 11 is 15.9. The van der Waals surface area contributed by atoms with Crippen LogP contribution in [-0.4, -0.2) is 38.6 Å². The fourth-order valence-electron chi connectivity index (χ4n) is 1.77. The summed E-state index contributed by atoms with van der Waals surface area (Å²) in [6.45, 7) is -0.626. The molecule has 3 atom stereocenters. The van der Waals surface area contributed by atoms with Crippen molar-refractivity contribution in [3.05, 3.63) is 33.1 Å². The first-order chi connectivity index (χ1) is 9.43. The van der Waals surface area contributed by atoms with Crippen molar-refractivity contribution < 1.29 is 14.9 Å². The topological polar surface area (TPSA) is 105 Å². The molecule has 12 heteroatoms. The molecule has 0 unspecified atom stereocenters. The summed E-state index contributed by atoms with van der Waals surface area (Å²) < 4.78 is -0.0838. The third-order valence-corrected chi connectivity index (χ3v) is 11.2. The molecule has 1 aliphatic heterocycles. The van der Waals surface area contributed by atoms with E-state index in [1.807, 2.05) is 0 Å². The highest BCUT2D eigenvalue weighted by molar-refractivity contribution is 9.27. The fourth-order valence-corrected chi connectivity index (χ4v) is 5.81. The Bertz CT molecular complexity index is 688. The molecule has 0 amide bonds. The lowest BCUT2D eigenvalue weighted by atomic mass is 10.2. The van der Waals surface area contributed by atoms with Gasteiger partial charge in [0.05, 0.1) is 6.61 Å². The third-order valence-electron chi connectivity index (χ3n) is 2.93. The van der Waals surface area contributed by atoms with Gasteiger partial charge in [0.15, 0.2) is 12.3 Å². The quantitative estimate of drug-likeness (QED) is 0.431. The summed E-state index contributed by atoms with van der Waals surface area (Å²) in [6, 6.07) is 1.12. The lowest BCUT2D eigenvalue weighted by Gasteiger charge is -2.36. The van der Waals surface area contributed by atoms with Crippen molar-refractivity contribution in [2.45, 2.75) is 16.9 Å². The summed E-state index contributed by atoms with van der Waals surface area (Å²) in [5, 5.41) is 20.2. The molecule has 21 heavy (non-hydrogen) atoms. The molecule has 2 rings (SSSR count).